The second-order valence-electron chi connectivity index (χ2n) is 3.62. The summed E-state index contributed by atoms with van der Waals surface area (Å²) < 4.78 is 0.421. The van der Waals surface area contributed by atoms with Crippen molar-refractivity contribution in [3.05, 3.63) is 60.7 Å². The van der Waals surface area contributed by atoms with E-state index in [-0.39, 0.29) is 0 Å². The van der Waals surface area contributed by atoms with Crippen molar-refractivity contribution in [2.75, 3.05) is 0 Å². The molecule has 0 aliphatic rings. The minimum atomic E-state index is -2.15. The van der Waals surface area contributed by atoms with Gasteiger partial charge in [0.2, 0.25) is 0 Å². The van der Waals surface area contributed by atoms with Crippen LogP contribution in [0.2, 0.25) is 0 Å². The van der Waals surface area contributed by atoms with E-state index < -0.39 is 6.04 Å². The van der Waals surface area contributed by atoms with E-state index >= 15 is 0 Å². The zero-order valence-electron chi connectivity index (χ0n) is 9.11. The zero-order chi connectivity index (χ0) is 12.3. The number of benzene rings is 2. The molecule has 0 aliphatic heterocycles. The normalized spacial score (nSPS) is 11.1. The maximum Gasteiger partial charge on any atom is 0.114 e. The Morgan fingerprint density at radius 1 is 0.824 bits per heavy atom. The van der Waals surface area contributed by atoms with Crippen LogP contribution < -0.4 is 16.3 Å². The number of nitrogens with two attached hydrogens (primary N) is 1. The second kappa shape index (κ2) is 5.09. The van der Waals surface area contributed by atoms with Gasteiger partial charge in [-0.05, 0) is 10.6 Å². The van der Waals surface area contributed by atoms with Crippen LogP contribution in [0.25, 0.3) is 0 Å². The monoisotopic (exact) mass is 277 g/mol. The van der Waals surface area contributed by atoms with E-state index in [1.165, 1.54) is 0 Å². The predicted octanol–water partition coefficient (Wildman–Crippen LogP) is 2.36. The Hall–Kier alpha value is -1.02. The lowest BCUT2D eigenvalue weighted by Crippen LogP contribution is -2.25. The van der Waals surface area contributed by atoms with Gasteiger partial charge < -0.3 is 5.73 Å². The van der Waals surface area contributed by atoms with Crippen LogP contribution in [0.5, 0.6) is 0 Å². The molecule has 0 amide bonds. The highest BCUT2D eigenvalue weighted by molar-refractivity contribution is 8.34. The van der Waals surface area contributed by atoms with E-state index in [1.807, 2.05) is 60.7 Å². The molecule has 0 aliphatic carbocycles. The van der Waals surface area contributed by atoms with Gasteiger partial charge in [0, 0.05) is 0 Å². The first-order valence-corrected chi connectivity index (χ1v) is 8.38. The summed E-state index contributed by atoms with van der Waals surface area (Å²) in [5.41, 5.74) is 5.91. The minimum absolute atomic E-state index is 0.421. The number of rotatable bonds is 3. The topological polar surface area (TPSA) is 26.0 Å². The third-order valence-electron chi connectivity index (χ3n) is 2.55. The van der Waals surface area contributed by atoms with Gasteiger partial charge in [0.15, 0.2) is 0 Å². The van der Waals surface area contributed by atoms with Crippen LogP contribution >= 0.6 is 18.3 Å². The molecule has 17 heavy (non-hydrogen) atoms. The molecule has 0 bridgehead atoms. The molecule has 0 spiro atoms. The molecule has 0 saturated heterocycles. The van der Waals surface area contributed by atoms with Crippen molar-refractivity contribution < 1.29 is 0 Å². The number of hydrogen-bond acceptors (Lipinski definition) is 2. The third-order valence-corrected chi connectivity index (χ3v) is 8.24. The van der Waals surface area contributed by atoms with Gasteiger partial charge in [-0.3, -0.25) is 0 Å². The summed E-state index contributed by atoms with van der Waals surface area (Å²) in [6.45, 7) is 0. The van der Waals surface area contributed by atoms with Crippen molar-refractivity contribution in [2.45, 2.75) is 0 Å². The summed E-state index contributed by atoms with van der Waals surface area (Å²) in [6.07, 6.45) is 0. The Bertz CT molecular complexity index is 523. The van der Waals surface area contributed by atoms with E-state index in [4.69, 9.17) is 29.8 Å². The van der Waals surface area contributed by atoms with E-state index in [0.717, 1.165) is 10.6 Å². The van der Waals surface area contributed by atoms with Gasteiger partial charge in [-0.1, -0.05) is 84.7 Å². The van der Waals surface area contributed by atoms with E-state index in [1.54, 1.807) is 0 Å². The van der Waals surface area contributed by atoms with Crippen molar-refractivity contribution in [3.63, 3.8) is 0 Å². The maximum absolute atomic E-state index is 5.91. The molecule has 0 saturated carbocycles. The van der Waals surface area contributed by atoms with Crippen molar-refractivity contribution >= 4 is 45.4 Å². The largest absolute Gasteiger partial charge is 0.389 e. The lowest BCUT2D eigenvalue weighted by molar-refractivity contribution is 1.75. The van der Waals surface area contributed by atoms with E-state index in [0.29, 0.717) is 4.73 Å². The summed E-state index contributed by atoms with van der Waals surface area (Å²) in [6, 6.07) is 17.7. The molecule has 4 heteroatoms. The van der Waals surface area contributed by atoms with Crippen molar-refractivity contribution in [1.82, 2.24) is 0 Å². The van der Waals surface area contributed by atoms with Crippen LogP contribution in [-0.2, 0) is 11.8 Å². The summed E-state index contributed by atoms with van der Waals surface area (Å²) in [4.78, 5) is 0. The molecule has 1 nitrogen and oxygen atoms in total. The molecule has 2 aromatic carbocycles. The standard InChI is InChI=1S/C13H12NPS2/c14-13(16)15(17,11-7-3-1-4-8-11)12-9-5-2-6-10-12/h1-10H,(H2,14,16). The molecular weight excluding hydrogens is 265 g/mol. The SMILES string of the molecule is NC(=S)P(=S)(c1ccccc1)c1ccccc1. The van der Waals surface area contributed by atoms with Gasteiger partial charge in [0.25, 0.3) is 0 Å². The lowest BCUT2D eigenvalue weighted by Gasteiger charge is -2.21. The first-order chi connectivity index (χ1) is 8.15. The number of thiocarbonyl (C=S) groups is 1. The molecular formula is C13H12NPS2. The van der Waals surface area contributed by atoms with Crippen LogP contribution in [0.4, 0.5) is 0 Å². The second-order valence-corrected chi connectivity index (χ2v) is 8.74. The third kappa shape index (κ3) is 2.32. The summed E-state index contributed by atoms with van der Waals surface area (Å²) in [5, 5.41) is 2.10. The first kappa shape index (κ1) is 12.4. The fourth-order valence-corrected chi connectivity index (χ4v) is 5.03. The van der Waals surface area contributed by atoms with E-state index in [2.05, 4.69) is 0 Å². The predicted molar refractivity (Wildman–Crippen MR) is 83.2 cm³/mol. The Morgan fingerprint density at radius 3 is 1.47 bits per heavy atom. The highest BCUT2D eigenvalue weighted by Crippen LogP contribution is 2.43. The van der Waals surface area contributed by atoms with Crippen molar-refractivity contribution in [3.8, 4) is 0 Å². The highest BCUT2D eigenvalue weighted by Gasteiger charge is 2.24. The Kier molecular flexibility index (Phi) is 3.72. The Balaban J connectivity index is 2.64. The van der Waals surface area contributed by atoms with Gasteiger partial charge >= 0.3 is 0 Å². The van der Waals surface area contributed by atoms with Crippen LogP contribution in [0.15, 0.2) is 60.7 Å². The molecule has 0 atom stereocenters. The molecule has 0 aromatic heterocycles. The van der Waals surface area contributed by atoms with Crippen molar-refractivity contribution in [1.29, 1.82) is 0 Å². The highest BCUT2D eigenvalue weighted by atomic mass is 32.4. The first-order valence-electron chi connectivity index (χ1n) is 5.17. The van der Waals surface area contributed by atoms with E-state index in [9.17, 15) is 0 Å². The zero-order valence-corrected chi connectivity index (χ0v) is 11.6. The molecule has 2 rings (SSSR count). The molecule has 2 aromatic rings. The van der Waals surface area contributed by atoms with Gasteiger partial charge in [0.1, 0.15) is 4.73 Å². The average molecular weight is 277 g/mol. The summed E-state index contributed by atoms with van der Waals surface area (Å²) in [7, 11) is 0. The Labute approximate surface area is 112 Å². The minimum Gasteiger partial charge on any atom is -0.389 e. The molecule has 0 fully saturated rings. The fraction of sp³-hybridized carbons (Fsp3) is 0. The van der Waals surface area contributed by atoms with Crippen molar-refractivity contribution in [2.24, 2.45) is 5.73 Å². The van der Waals surface area contributed by atoms with Crippen LogP contribution in [0, 0.1) is 0 Å². The van der Waals surface area contributed by atoms with Crippen LogP contribution in [0.1, 0.15) is 0 Å². The van der Waals surface area contributed by atoms with Gasteiger partial charge in [-0.25, -0.2) is 0 Å². The van der Waals surface area contributed by atoms with Gasteiger partial charge in [-0.2, -0.15) is 0 Å². The summed E-state index contributed by atoms with van der Waals surface area (Å²) >= 11 is 11.0. The van der Waals surface area contributed by atoms with Gasteiger partial charge in [0.05, 0.1) is 6.04 Å². The van der Waals surface area contributed by atoms with Gasteiger partial charge in [-0.15, -0.1) is 0 Å². The summed E-state index contributed by atoms with van der Waals surface area (Å²) in [5.74, 6) is 0. The molecule has 2 N–H and O–H groups in total. The lowest BCUT2D eigenvalue weighted by atomic mass is 10.4. The van der Waals surface area contributed by atoms with Crippen LogP contribution in [-0.4, -0.2) is 4.73 Å². The molecule has 0 heterocycles. The Morgan fingerprint density at radius 2 is 1.18 bits per heavy atom. The maximum atomic E-state index is 5.91. The number of hydrogen-bond donors (Lipinski definition) is 1. The quantitative estimate of drug-likeness (QED) is 0.689. The molecule has 86 valence electrons. The molecule has 0 unspecified atom stereocenters. The van der Waals surface area contributed by atoms with Crippen LogP contribution in [0.3, 0.4) is 0 Å². The fourth-order valence-electron chi connectivity index (χ4n) is 1.68. The average Bonchev–Trinajstić information content (AvgIpc) is 2.39. The smallest absolute Gasteiger partial charge is 0.114 e. The molecule has 0 radical (unpaired) electrons.